The molecular weight excluding hydrogens is 258 g/mol. The molecule has 0 aliphatic heterocycles. The zero-order valence-corrected chi connectivity index (χ0v) is 11.3. The molecule has 2 N–H and O–H groups in total. The quantitative estimate of drug-likeness (QED) is 0.788. The minimum atomic E-state index is 0.122. The van der Waals surface area contributed by atoms with E-state index in [4.69, 9.17) is 11.6 Å². The van der Waals surface area contributed by atoms with Crippen molar-refractivity contribution in [3.63, 3.8) is 0 Å². The summed E-state index contributed by atoms with van der Waals surface area (Å²) in [5, 5.41) is 13.3. The van der Waals surface area contributed by atoms with E-state index in [0.717, 1.165) is 18.5 Å². The highest BCUT2D eigenvalue weighted by Crippen LogP contribution is 2.34. The summed E-state index contributed by atoms with van der Waals surface area (Å²) in [4.78, 5) is 0. The number of phenolic OH excluding ortho intramolecular Hbond substituents is 1. The third-order valence-corrected chi connectivity index (χ3v) is 3.96. The van der Waals surface area contributed by atoms with E-state index in [2.05, 4.69) is 29.6 Å². The van der Waals surface area contributed by atoms with E-state index in [1.165, 1.54) is 17.5 Å². The van der Waals surface area contributed by atoms with Crippen LogP contribution in [0.4, 0.5) is 5.69 Å². The number of aryl methyl sites for hydroxylation is 1. The Bertz CT molecular complexity index is 597. The molecule has 0 heterocycles. The number of hydrogen-bond acceptors (Lipinski definition) is 2. The monoisotopic (exact) mass is 273 g/mol. The van der Waals surface area contributed by atoms with Gasteiger partial charge in [0.25, 0.3) is 0 Å². The maximum Gasteiger partial charge on any atom is 0.134 e. The van der Waals surface area contributed by atoms with Crippen molar-refractivity contribution in [2.45, 2.75) is 25.3 Å². The summed E-state index contributed by atoms with van der Waals surface area (Å²) in [5.41, 5.74) is 3.75. The van der Waals surface area contributed by atoms with Crippen LogP contribution in [0.5, 0.6) is 5.75 Å². The molecule has 1 atom stereocenters. The topological polar surface area (TPSA) is 32.3 Å². The van der Waals surface area contributed by atoms with Gasteiger partial charge in [0.15, 0.2) is 0 Å². The van der Waals surface area contributed by atoms with E-state index in [1.54, 1.807) is 12.1 Å². The van der Waals surface area contributed by atoms with Gasteiger partial charge in [-0.25, -0.2) is 0 Å². The van der Waals surface area contributed by atoms with E-state index in [0.29, 0.717) is 11.1 Å². The molecule has 1 unspecified atom stereocenters. The predicted molar refractivity (Wildman–Crippen MR) is 78.9 cm³/mol. The van der Waals surface area contributed by atoms with E-state index >= 15 is 0 Å². The molecule has 2 aromatic carbocycles. The first kappa shape index (κ1) is 12.4. The average molecular weight is 274 g/mol. The van der Waals surface area contributed by atoms with Gasteiger partial charge in [0.2, 0.25) is 0 Å². The minimum Gasteiger partial charge on any atom is -0.506 e. The molecular formula is C16H16ClNO. The van der Waals surface area contributed by atoms with Gasteiger partial charge in [-0.2, -0.15) is 0 Å². The van der Waals surface area contributed by atoms with Crippen LogP contribution in [-0.4, -0.2) is 5.11 Å². The normalized spacial score (nSPS) is 17.8. The van der Waals surface area contributed by atoms with Gasteiger partial charge in [0.05, 0.1) is 11.1 Å². The fraction of sp³-hybridized carbons (Fsp3) is 0.250. The Balaban J connectivity index is 1.86. The number of phenols is 1. The van der Waals surface area contributed by atoms with Gasteiger partial charge in [-0.15, -0.1) is 0 Å². The smallest absolute Gasteiger partial charge is 0.134 e. The van der Waals surface area contributed by atoms with Crippen LogP contribution in [0.25, 0.3) is 0 Å². The van der Waals surface area contributed by atoms with Gasteiger partial charge < -0.3 is 10.4 Å². The van der Waals surface area contributed by atoms with Crippen LogP contribution < -0.4 is 5.32 Å². The lowest BCUT2D eigenvalue weighted by Crippen LogP contribution is -2.17. The van der Waals surface area contributed by atoms with Crippen LogP contribution >= 0.6 is 11.6 Å². The van der Waals surface area contributed by atoms with Crippen molar-refractivity contribution in [1.29, 1.82) is 0 Å². The van der Waals surface area contributed by atoms with Crippen molar-refractivity contribution < 1.29 is 5.11 Å². The summed E-state index contributed by atoms with van der Waals surface area (Å²) in [5.74, 6) is 0.122. The molecule has 98 valence electrons. The lowest BCUT2D eigenvalue weighted by molar-refractivity contribution is 0.475. The van der Waals surface area contributed by atoms with E-state index < -0.39 is 0 Å². The SMILES string of the molecule is Oc1ccc(NC2CCCc3ccccc32)cc1Cl. The van der Waals surface area contributed by atoms with Crippen molar-refractivity contribution in [3.8, 4) is 5.75 Å². The van der Waals surface area contributed by atoms with Crippen molar-refractivity contribution in [2.24, 2.45) is 0 Å². The van der Waals surface area contributed by atoms with E-state index in [9.17, 15) is 5.11 Å². The predicted octanol–water partition coefficient (Wildman–Crippen LogP) is 4.54. The highest BCUT2D eigenvalue weighted by molar-refractivity contribution is 6.32. The summed E-state index contributed by atoms with van der Waals surface area (Å²) < 4.78 is 0. The molecule has 0 fully saturated rings. The zero-order chi connectivity index (χ0) is 13.2. The third-order valence-electron chi connectivity index (χ3n) is 3.66. The minimum absolute atomic E-state index is 0.122. The fourth-order valence-corrected chi connectivity index (χ4v) is 2.88. The van der Waals surface area contributed by atoms with Gasteiger partial charge in [-0.1, -0.05) is 35.9 Å². The van der Waals surface area contributed by atoms with Crippen LogP contribution in [0, 0.1) is 0 Å². The molecule has 2 nitrogen and oxygen atoms in total. The van der Waals surface area contributed by atoms with Crippen molar-refractivity contribution in [2.75, 3.05) is 5.32 Å². The number of halogens is 1. The Morgan fingerprint density at radius 2 is 2.00 bits per heavy atom. The number of nitrogens with one attached hydrogen (secondary N) is 1. The zero-order valence-electron chi connectivity index (χ0n) is 10.6. The largest absolute Gasteiger partial charge is 0.506 e. The summed E-state index contributed by atoms with van der Waals surface area (Å²) in [6.45, 7) is 0. The molecule has 0 radical (unpaired) electrons. The fourth-order valence-electron chi connectivity index (χ4n) is 2.70. The molecule has 0 aromatic heterocycles. The second-order valence-electron chi connectivity index (χ2n) is 4.95. The lowest BCUT2D eigenvalue weighted by atomic mass is 9.87. The second kappa shape index (κ2) is 5.14. The summed E-state index contributed by atoms with van der Waals surface area (Å²) in [7, 11) is 0. The van der Waals surface area contributed by atoms with Crippen molar-refractivity contribution >= 4 is 17.3 Å². The molecule has 3 heteroatoms. The van der Waals surface area contributed by atoms with Gasteiger partial charge in [-0.3, -0.25) is 0 Å². The number of rotatable bonds is 2. The van der Waals surface area contributed by atoms with Gasteiger partial charge >= 0.3 is 0 Å². The maximum absolute atomic E-state index is 9.45. The van der Waals surface area contributed by atoms with Crippen LogP contribution in [-0.2, 0) is 6.42 Å². The molecule has 0 spiro atoms. The van der Waals surface area contributed by atoms with Crippen LogP contribution in [0.15, 0.2) is 42.5 Å². The first-order chi connectivity index (χ1) is 9.24. The first-order valence-electron chi connectivity index (χ1n) is 6.57. The summed E-state index contributed by atoms with van der Waals surface area (Å²) >= 11 is 5.94. The Morgan fingerprint density at radius 1 is 1.16 bits per heavy atom. The van der Waals surface area contributed by atoms with Gasteiger partial charge in [0, 0.05) is 5.69 Å². The molecule has 3 rings (SSSR count). The highest BCUT2D eigenvalue weighted by atomic mass is 35.5. The Labute approximate surface area is 118 Å². The molecule has 2 aromatic rings. The highest BCUT2D eigenvalue weighted by Gasteiger charge is 2.19. The Kier molecular flexibility index (Phi) is 3.34. The molecule has 19 heavy (non-hydrogen) atoms. The molecule has 0 saturated heterocycles. The second-order valence-corrected chi connectivity index (χ2v) is 5.36. The standard InChI is InChI=1S/C16H16ClNO/c17-14-10-12(8-9-16(14)19)18-15-7-3-5-11-4-1-2-6-13(11)15/h1-2,4,6,8-10,15,18-19H,3,5,7H2. The van der Waals surface area contributed by atoms with Crippen LogP contribution in [0.1, 0.15) is 30.0 Å². The molecule has 0 saturated carbocycles. The molecule has 1 aliphatic carbocycles. The third kappa shape index (κ3) is 2.54. The summed E-state index contributed by atoms with van der Waals surface area (Å²) in [6.07, 6.45) is 3.47. The number of hydrogen-bond donors (Lipinski definition) is 2. The number of fused-ring (bicyclic) bond motifs is 1. The first-order valence-corrected chi connectivity index (χ1v) is 6.95. The maximum atomic E-state index is 9.45. The van der Waals surface area contributed by atoms with Crippen LogP contribution in [0.3, 0.4) is 0 Å². The number of anilines is 1. The van der Waals surface area contributed by atoms with Crippen molar-refractivity contribution in [1.82, 2.24) is 0 Å². The van der Waals surface area contributed by atoms with Crippen LogP contribution in [0.2, 0.25) is 5.02 Å². The van der Waals surface area contributed by atoms with Gasteiger partial charge in [0.1, 0.15) is 5.75 Å². The average Bonchev–Trinajstić information content (AvgIpc) is 2.43. The lowest BCUT2D eigenvalue weighted by Gasteiger charge is -2.27. The number of benzene rings is 2. The molecule has 0 amide bonds. The van der Waals surface area contributed by atoms with Crippen molar-refractivity contribution in [3.05, 3.63) is 58.6 Å². The Morgan fingerprint density at radius 3 is 2.84 bits per heavy atom. The Hall–Kier alpha value is -1.67. The molecule has 1 aliphatic rings. The molecule has 0 bridgehead atoms. The van der Waals surface area contributed by atoms with Gasteiger partial charge in [-0.05, 0) is 48.6 Å². The van der Waals surface area contributed by atoms with E-state index in [1.807, 2.05) is 6.07 Å². The summed E-state index contributed by atoms with van der Waals surface area (Å²) in [6, 6.07) is 14.2. The number of aromatic hydroxyl groups is 1. The van der Waals surface area contributed by atoms with E-state index in [-0.39, 0.29) is 5.75 Å².